The van der Waals surface area contributed by atoms with Gasteiger partial charge in [-0.25, -0.2) is 4.39 Å². The first kappa shape index (κ1) is 13.3. The average molecular weight is 250 g/mol. The number of nitrogens with two attached hydrogens (primary N) is 1. The highest BCUT2D eigenvalue weighted by molar-refractivity contribution is 5.50. The Morgan fingerprint density at radius 2 is 2.00 bits per heavy atom. The molecule has 1 fully saturated rings. The summed E-state index contributed by atoms with van der Waals surface area (Å²) in [6.45, 7) is 8.15. The molecule has 0 aliphatic carbocycles. The van der Waals surface area contributed by atoms with Crippen molar-refractivity contribution < 1.29 is 4.39 Å². The Morgan fingerprint density at radius 1 is 1.28 bits per heavy atom. The summed E-state index contributed by atoms with van der Waals surface area (Å²) in [5.41, 5.74) is 7.46. The van der Waals surface area contributed by atoms with Crippen molar-refractivity contribution in [2.75, 3.05) is 11.4 Å². The van der Waals surface area contributed by atoms with Gasteiger partial charge in [0.2, 0.25) is 0 Å². The molecule has 1 aromatic rings. The SMILES string of the molecule is CC1CC(C)C(C)N(c2cc(F)cc(CN)c2)C1. The quantitative estimate of drug-likeness (QED) is 0.873. The summed E-state index contributed by atoms with van der Waals surface area (Å²) in [4.78, 5) is 2.32. The highest BCUT2D eigenvalue weighted by Gasteiger charge is 2.29. The van der Waals surface area contributed by atoms with Crippen LogP contribution >= 0.6 is 0 Å². The minimum absolute atomic E-state index is 0.189. The molecule has 0 spiro atoms. The van der Waals surface area contributed by atoms with Crippen LogP contribution in [-0.2, 0) is 6.54 Å². The number of halogens is 1. The lowest BCUT2D eigenvalue weighted by atomic mass is 9.85. The van der Waals surface area contributed by atoms with E-state index in [1.54, 1.807) is 6.07 Å². The molecule has 1 heterocycles. The topological polar surface area (TPSA) is 29.3 Å². The van der Waals surface area contributed by atoms with E-state index in [1.165, 1.54) is 12.5 Å². The van der Waals surface area contributed by atoms with E-state index in [4.69, 9.17) is 5.73 Å². The Morgan fingerprint density at radius 3 is 2.67 bits per heavy atom. The number of hydrogen-bond acceptors (Lipinski definition) is 2. The van der Waals surface area contributed by atoms with Gasteiger partial charge in [-0.15, -0.1) is 0 Å². The summed E-state index contributed by atoms with van der Waals surface area (Å²) in [5.74, 6) is 1.10. The van der Waals surface area contributed by atoms with Crippen LogP contribution < -0.4 is 10.6 Å². The van der Waals surface area contributed by atoms with Gasteiger partial charge in [-0.05, 0) is 48.9 Å². The average Bonchev–Trinajstić information content (AvgIpc) is 2.32. The molecule has 2 rings (SSSR count). The Hall–Kier alpha value is -1.09. The Bertz CT molecular complexity index is 419. The van der Waals surface area contributed by atoms with Gasteiger partial charge in [0.05, 0.1) is 0 Å². The minimum atomic E-state index is -0.189. The first-order valence-electron chi connectivity index (χ1n) is 6.77. The molecule has 1 saturated heterocycles. The maximum Gasteiger partial charge on any atom is 0.125 e. The Kier molecular flexibility index (Phi) is 3.91. The molecule has 3 heteroatoms. The zero-order valence-electron chi connectivity index (χ0n) is 11.5. The fourth-order valence-corrected chi connectivity index (χ4v) is 2.97. The third-order valence-corrected chi connectivity index (χ3v) is 4.11. The lowest BCUT2D eigenvalue weighted by molar-refractivity contribution is 0.297. The molecule has 0 aromatic heterocycles. The van der Waals surface area contributed by atoms with Gasteiger partial charge in [0, 0.05) is 24.8 Å². The molecule has 3 unspecified atom stereocenters. The molecule has 1 aliphatic rings. The zero-order chi connectivity index (χ0) is 13.3. The van der Waals surface area contributed by atoms with Crippen LogP contribution in [0.4, 0.5) is 10.1 Å². The second-order valence-corrected chi connectivity index (χ2v) is 5.73. The fraction of sp³-hybridized carbons (Fsp3) is 0.600. The van der Waals surface area contributed by atoms with Crippen molar-refractivity contribution in [2.45, 2.75) is 39.8 Å². The summed E-state index contributed by atoms with van der Waals surface area (Å²) in [6, 6.07) is 5.61. The number of rotatable bonds is 2. The van der Waals surface area contributed by atoms with Gasteiger partial charge in [0.1, 0.15) is 5.82 Å². The molecule has 1 aliphatic heterocycles. The van der Waals surface area contributed by atoms with Gasteiger partial charge >= 0.3 is 0 Å². The van der Waals surface area contributed by atoms with Crippen molar-refractivity contribution in [1.82, 2.24) is 0 Å². The normalized spacial score (nSPS) is 28.5. The van der Waals surface area contributed by atoms with Crippen LogP contribution in [0.25, 0.3) is 0 Å². The molecule has 1 aromatic carbocycles. The highest BCUT2D eigenvalue weighted by atomic mass is 19.1. The van der Waals surface area contributed by atoms with E-state index in [0.29, 0.717) is 24.4 Å². The lowest BCUT2D eigenvalue weighted by Crippen LogP contribution is -2.45. The zero-order valence-corrected chi connectivity index (χ0v) is 11.5. The highest BCUT2D eigenvalue weighted by Crippen LogP contribution is 2.32. The molecule has 0 bridgehead atoms. The van der Waals surface area contributed by atoms with Crippen LogP contribution in [-0.4, -0.2) is 12.6 Å². The van der Waals surface area contributed by atoms with E-state index in [-0.39, 0.29) is 5.82 Å². The molecule has 0 amide bonds. The van der Waals surface area contributed by atoms with Gasteiger partial charge < -0.3 is 10.6 Å². The number of anilines is 1. The van der Waals surface area contributed by atoms with Crippen LogP contribution in [0.3, 0.4) is 0 Å². The molecule has 2 N–H and O–H groups in total. The molecule has 0 saturated carbocycles. The van der Waals surface area contributed by atoms with Crippen molar-refractivity contribution in [2.24, 2.45) is 17.6 Å². The van der Waals surface area contributed by atoms with Crippen molar-refractivity contribution in [3.8, 4) is 0 Å². The van der Waals surface area contributed by atoms with Crippen LogP contribution in [0.1, 0.15) is 32.8 Å². The van der Waals surface area contributed by atoms with Crippen LogP contribution in [0, 0.1) is 17.7 Å². The smallest absolute Gasteiger partial charge is 0.125 e. The molecule has 2 nitrogen and oxygen atoms in total. The fourth-order valence-electron chi connectivity index (χ4n) is 2.97. The maximum absolute atomic E-state index is 13.6. The van der Waals surface area contributed by atoms with Crippen LogP contribution in [0.15, 0.2) is 18.2 Å². The van der Waals surface area contributed by atoms with Gasteiger partial charge in [-0.3, -0.25) is 0 Å². The summed E-state index contributed by atoms with van der Waals surface area (Å²) < 4.78 is 13.6. The first-order valence-corrected chi connectivity index (χ1v) is 6.77. The van der Waals surface area contributed by atoms with Crippen molar-refractivity contribution >= 4 is 5.69 Å². The van der Waals surface area contributed by atoms with E-state index in [9.17, 15) is 4.39 Å². The summed E-state index contributed by atoms with van der Waals surface area (Å²) in [5, 5.41) is 0. The van der Waals surface area contributed by atoms with Crippen molar-refractivity contribution in [3.63, 3.8) is 0 Å². The largest absolute Gasteiger partial charge is 0.368 e. The third-order valence-electron chi connectivity index (χ3n) is 4.11. The monoisotopic (exact) mass is 250 g/mol. The van der Waals surface area contributed by atoms with Crippen molar-refractivity contribution in [3.05, 3.63) is 29.6 Å². The molecule has 3 atom stereocenters. The Labute approximate surface area is 109 Å². The summed E-state index contributed by atoms with van der Waals surface area (Å²) >= 11 is 0. The summed E-state index contributed by atoms with van der Waals surface area (Å²) in [7, 11) is 0. The molecule has 18 heavy (non-hydrogen) atoms. The maximum atomic E-state index is 13.6. The number of benzene rings is 1. The predicted molar refractivity (Wildman–Crippen MR) is 74.0 cm³/mol. The van der Waals surface area contributed by atoms with E-state index in [1.807, 2.05) is 6.07 Å². The van der Waals surface area contributed by atoms with E-state index >= 15 is 0 Å². The van der Waals surface area contributed by atoms with Gasteiger partial charge in [-0.2, -0.15) is 0 Å². The van der Waals surface area contributed by atoms with Gasteiger partial charge in [0.25, 0.3) is 0 Å². The van der Waals surface area contributed by atoms with Crippen molar-refractivity contribution in [1.29, 1.82) is 0 Å². The second kappa shape index (κ2) is 5.27. The number of nitrogens with zero attached hydrogens (tertiary/aromatic N) is 1. The van der Waals surface area contributed by atoms with Gasteiger partial charge in [0.15, 0.2) is 0 Å². The van der Waals surface area contributed by atoms with E-state index in [0.717, 1.165) is 17.8 Å². The minimum Gasteiger partial charge on any atom is -0.368 e. The number of piperidine rings is 1. The molecular formula is C15H23FN2. The van der Waals surface area contributed by atoms with Crippen LogP contribution in [0.5, 0.6) is 0 Å². The predicted octanol–water partition coefficient (Wildman–Crippen LogP) is 3.16. The second-order valence-electron chi connectivity index (χ2n) is 5.73. The first-order chi connectivity index (χ1) is 8.51. The number of hydrogen-bond donors (Lipinski definition) is 1. The molecular weight excluding hydrogens is 227 g/mol. The molecule has 0 radical (unpaired) electrons. The standard InChI is InChI=1S/C15H23FN2/c1-10-4-11(2)12(3)18(9-10)15-6-13(8-17)5-14(16)7-15/h5-7,10-12H,4,8-9,17H2,1-3H3. The van der Waals surface area contributed by atoms with Gasteiger partial charge in [-0.1, -0.05) is 13.8 Å². The lowest BCUT2D eigenvalue weighted by Gasteiger charge is -2.42. The summed E-state index contributed by atoms with van der Waals surface area (Å²) in [6.07, 6.45) is 1.25. The third kappa shape index (κ3) is 2.66. The van der Waals surface area contributed by atoms with E-state index in [2.05, 4.69) is 25.7 Å². The Balaban J connectivity index is 2.31. The van der Waals surface area contributed by atoms with Crippen LogP contribution in [0.2, 0.25) is 0 Å². The van der Waals surface area contributed by atoms with E-state index < -0.39 is 0 Å². The molecule has 100 valence electrons.